The predicted molar refractivity (Wildman–Crippen MR) is 67.1 cm³/mol. The van der Waals surface area contributed by atoms with Crippen molar-refractivity contribution in [3.05, 3.63) is 48.0 Å². The Kier molecular flexibility index (Phi) is 4.57. The first-order valence-electron chi connectivity index (χ1n) is 5.64. The number of hydrogen-bond acceptors (Lipinski definition) is 1. The lowest BCUT2D eigenvalue weighted by Gasteiger charge is -2.14. The molecular formula is C14H21N. The fourth-order valence-corrected chi connectivity index (χ4v) is 1.65. The lowest BCUT2D eigenvalue weighted by atomic mass is 9.99. The zero-order valence-corrected chi connectivity index (χ0v) is 9.96. The number of hydrogen-bond donors (Lipinski definition) is 1. The molecule has 1 heteroatoms. The summed E-state index contributed by atoms with van der Waals surface area (Å²) >= 11 is 0. The molecule has 0 aliphatic heterocycles. The molecule has 1 unspecified atom stereocenters. The number of likely N-dealkylation sites (N-methyl/N-ethyl adjacent to an activating group) is 1. The van der Waals surface area contributed by atoms with Gasteiger partial charge < -0.3 is 5.32 Å². The molecule has 0 radical (unpaired) electrons. The van der Waals surface area contributed by atoms with Crippen LogP contribution in [0.1, 0.15) is 43.9 Å². The monoisotopic (exact) mass is 203 g/mol. The van der Waals surface area contributed by atoms with E-state index in [0.717, 1.165) is 6.54 Å². The van der Waals surface area contributed by atoms with Gasteiger partial charge in [-0.05, 0) is 23.6 Å². The van der Waals surface area contributed by atoms with E-state index in [1.807, 2.05) is 6.08 Å². The summed E-state index contributed by atoms with van der Waals surface area (Å²) in [4.78, 5) is 0. The van der Waals surface area contributed by atoms with Gasteiger partial charge in [-0.1, -0.05) is 51.1 Å². The van der Waals surface area contributed by atoms with Crippen molar-refractivity contribution in [2.45, 2.75) is 32.7 Å². The first-order chi connectivity index (χ1) is 7.19. The van der Waals surface area contributed by atoms with Gasteiger partial charge in [0.1, 0.15) is 0 Å². The lowest BCUT2D eigenvalue weighted by molar-refractivity contribution is 0.648. The number of nitrogens with one attached hydrogen (secondary N) is 1. The second kappa shape index (κ2) is 5.72. The van der Waals surface area contributed by atoms with E-state index in [4.69, 9.17) is 0 Å². The van der Waals surface area contributed by atoms with Crippen LogP contribution in [0.4, 0.5) is 0 Å². The van der Waals surface area contributed by atoms with Crippen molar-refractivity contribution in [3.8, 4) is 0 Å². The summed E-state index contributed by atoms with van der Waals surface area (Å²) in [6.07, 6.45) is 1.95. The molecule has 0 bridgehead atoms. The van der Waals surface area contributed by atoms with Crippen molar-refractivity contribution in [3.63, 3.8) is 0 Å². The van der Waals surface area contributed by atoms with Crippen molar-refractivity contribution in [2.24, 2.45) is 0 Å². The topological polar surface area (TPSA) is 12.0 Å². The highest BCUT2D eigenvalue weighted by atomic mass is 14.9. The Balaban J connectivity index is 2.81. The Hall–Kier alpha value is -1.08. The Morgan fingerprint density at radius 3 is 2.13 bits per heavy atom. The molecule has 0 saturated heterocycles. The molecule has 15 heavy (non-hydrogen) atoms. The van der Waals surface area contributed by atoms with Crippen LogP contribution >= 0.6 is 0 Å². The molecular weight excluding hydrogens is 182 g/mol. The molecule has 1 aromatic carbocycles. The molecule has 82 valence electrons. The smallest absolute Gasteiger partial charge is 0.0503 e. The van der Waals surface area contributed by atoms with Crippen molar-refractivity contribution in [1.29, 1.82) is 0 Å². The molecule has 1 rings (SSSR count). The van der Waals surface area contributed by atoms with Crippen molar-refractivity contribution in [2.75, 3.05) is 6.54 Å². The van der Waals surface area contributed by atoms with E-state index in [1.165, 1.54) is 11.1 Å². The third-order valence-corrected chi connectivity index (χ3v) is 2.62. The highest BCUT2D eigenvalue weighted by Crippen LogP contribution is 2.19. The Bertz CT molecular complexity index is 298. The van der Waals surface area contributed by atoms with Crippen LogP contribution in [0.3, 0.4) is 0 Å². The maximum absolute atomic E-state index is 3.85. The SMILES string of the molecule is C=CC(NCC)c1ccc(C(C)C)cc1. The molecule has 0 spiro atoms. The van der Waals surface area contributed by atoms with Gasteiger partial charge in [-0.3, -0.25) is 0 Å². The summed E-state index contributed by atoms with van der Waals surface area (Å²) < 4.78 is 0. The minimum Gasteiger partial charge on any atom is -0.307 e. The van der Waals surface area contributed by atoms with Gasteiger partial charge in [0, 0.05) is 0 Å². The van der Waals surface area contributed by atoms with E-state index in [2.05, 4.69) is 56.9 Å². The molecule has 0 aliphatic carbocycles. The van der Waals surface area contributed by atoms with Crippen LogP contribution < -0.4 is 5.32 Å². The van der Waals surface area contributed by atoms with Crippen LogP contribution in [0.15, 0.2) is 36.9 Å². The minimum atomic E-state index is 0.274. The van der Waals surface area contributed by atoms with Crippen LogP contribution in [0.5, 0.6) is 0 Å². The van der Waals surface area contributed by atoms with Crippen molar-refractivity contribution >= 4 is 0 Å². The van der Waals surface area contributed by atoms with Crippen molar-refractivity contribution in [1.82, 2.24) is 5.32 Å². The third-order valence-electron chi connectivity index (χ3n) is 2.62. The van der Waals surface area contributed by atoms with E-state index >= 15 is 0 Å². The van der Waals surface area contributed by atoms with Gasteiger partial charge in [0.2, 0.25) is 0 Å². The number of rotatable bonds is 5. The van der Waals surface area contributed by atoms with Crippen LogP contribution in [0.2, 0.25) is 0 Å². The summed E-state index contributed by atoms with van der Waals surface area (Å²) in [5.41, 5.74) is 2.68. The average Bonchev–Trinajstić information content (AvgIpc) is 2.26. The molecule has 1 nitrogen and oxygen atoms in total. The highest BCUT2D eigenvalue weighted by Gasteiger charge is 2.05. The molecule has 0 fully saturated rings. The first-order valence-corrected chi connectivity index (χ1v) is 5.64. The Morgan fingerprint density at radius 2 is 1.73 bits per heavy atom. The second-order valence-electron chi connectivity index (χ2n) is 4.09. The summed E-state index contributed by atoms with van der Waals surface area (Å²) in [5, 5.41) is 3.38. The maximum atomic E-state index is 3.85. The van der Waals surface area contributed by atoms with Crippen LogP contribution in [0, 0.1) is 0 Å². The Labute approximate surface area is 93.2 Å². The highest BCUT2D eigenvalue weighted by molar-refractivity contribution is 5.28. The van der Waals surface area contributed by atoms with E-state index < -0.39 is 0 Å². The molecule has 0 amide bonds. The predicted octanol–water partition coefficient (Wildman–Crippen LogP) is 3.65. The average molecular weight is 203 g/mol. The summed E-state index contributed by atoms with van der Waals surface area (Å²) in [6, 6.07) is 9.05. The van der Waals surface area contributed by atoms with Gasteiger partial charge in [-0.2, -0.15) is 0 Å². The van der Waals surface area contributed by atoms with E-state index in [-0.39, 0.29) is 6.04 Å². The summed E-state index contributed by atoms with van der Waals surface area (Å²) in [7, 11) is 0. The largest absolute Gasteiger partial charge is 0.307 e. The molecule has 0 heterocycles. The second-order valence-corrected chi connectivity index (χ2v) is 4.09. The van der Waals surface area contributed by atoms with Gasteiger partial charge in [0.25, 0.3) is 0 Å². The summed E-state index contributed by atoms with van der Waals surface area (Å²) in [6.45, 7) is 11.3. The maximum Gasteiger partial charge on any atom is 0.0503 e. The van der Waals surface area contributed by atoms with E-state index in [0.29, 0.717) is 5.92 Å². The van der Waals surface area contributed by atoms with Crippen LogP contribution in [0.25, 0.3) is 0 Å². The summed E-state index contributed by atoms with van der Waals surface area (Å²) in [5.74, 6) is 0.598. The molecule has 0 saturated carbocycles. The van der Waals surface area contributed by atoms with Gasteiger partial charge in [-0.25, -0.2) is 0 Å². The first kappa shape index (κ1) is 12.0. The van der Waals surface area contributed by atoms with Gasteiger partial charge in [0.05, 0.1) is 6.04 Å². The molecule has 0 aliphatic rings. The van der Waals surface area contributed by atoms with Gasteiger partial charge >= 0.3 is 0 Å². The van der Waals surface area contributed by atoms with Gasteiger partial charge in [-0.15, -0.1) is 6.58 Å². The van der Waals surface area contributed by atoms with Gasteiger partial charge in [0.15, 0.2) is 0 Å². The van der Waals surface area contributed by atoms with E-state index in [1.54, 1.807) is 0 Å². The standard InChI is InChI=1S/C14H21N/c1-5-14(15-6-2)13-9-7-12(8-10-13)11(3)4/h5,7-11,14-15H,1,6H2,2-4H3. The molecule has 1 N–H and O–H groups in total. The van der Waals surface area contributed by atoms with Crippen LogP contribution in [-0.4, -0.2) is 6.54 Å². The minimum absolute atomic E-state index is 0.274. The van der Waals surface area contributed by atoms with Crippen LogP contribution in [-0.2, 0) is 0 Å². The molecule has 1 aromatic rings. The number of benzene rings is 1. The zero-order valence-electron chi connectivity index (χ0n) is 9.96. The van der Waals surface area contributed by atoms with Crippen molar-refractivity contribution < 1.29 is 0 Å². The normalized spacial score (nSPS) is 12.8. The lowest BCUT2D eigenvalue weighted by Crippen LogP contribution is -2.18. The quantitative estimate of drug-likeness (QED) is 0.720. The zero-order chi connectivity index (χ0) is 11.3. The molecule has 0 aromatic heterocycles. The fourth-order valence-electron chi connectivity index (χ4n) is 1.65. The van der Waals surface area contributed by atoms with E-state index in [9.17, 15) is 0 Å². The molecule has 1 atom stereocenters. The third kappa shape index (κ3) is 3.21. The Morgan fingerprint density at radius 1 is 1.20 bits per heavy atom. The fraction of sp³-hybridized carbons (Fsp3) is 0.429.